The Morgan fingerprint density at radius 1 is 1.29 bits per heavy atom. The van der Waals surface area contributed by atoms with Crippen LogP contribution in [0.2, 0.25) is 0 Å². The lowest BCUT2D eigenvalue weighted by Gasteiger charge is -2.19. The van der Waals surface area contributed by atoms with Gasteiger partial charge in [-0.1, -0.05) is 49.8 Å². The van der Waals surface area contributed by atoms with Gasteiger partial charge in [0.25, 0.3) is 0 Å². The quantitative estimate of drug-likeness (QED) is 0.488. The Morgan fingerprint density at radius 3 is 2.71 bits per heavy atom. The molecule has 1 aliphatic carbocycles. The summed E-state index contributed by atoms with van der Waals surface area (Å²) in [5.74, 6) is 0. The molecule has 78 valence electrons. The topological polar surface area (TPSA) is 0 Å². The van der Waals surface area contributed by atoms with Crippen LogP contribution >= 0.6 is 0 Å². The first-order valence-electron chi connectivity index (χ1n) is 5.49. The lowest BCUT2D eigenvalue weighted by Crippen LogP contribution is -2.06. The average Bonchev–Trinajstić information content (AvgIpc) is 2.10. The van der Waals surface area contributed by atoms with E-state index in [2.05, 4.69) is 45.6 Å². The Labute approximate surface area is 88.4 Å². The van der Waals surface area contributed by atoms with Gasteiger partial charge in [0.1, 0.15) is 0 Å². The van der Waals surface area contributed by atoms with Crippen LogP contribution in [0, 0.1) is 5.41 Å². The molecule has 0 saturated heterocycles. The molecule has 0 unspecified atom stereocenters. The third kappa shape index (κ3) is 3.95. The van der Waals surface area contributed by atoms with Crippen LogP contribution in [0.15, 0.2) is 36.0 Å². The maximum absolute atomic E-state index is 4.09. The first-order chi connectivity index (χ1) is 6.49. The first kappa shape index (κ1) is 11.3. The largest absolute Gasteiger partial charge is 0.0995 e. The summed E-state index contributed by atoms with van der Waals surface area (Å²) in [6.45, 7) is 10.9. The highest BCUT2D eigenvalue weighted by atomic mass is 14.2. The molecule has 1 rings (SSSR count). The number of allylic oxidation sites excluding steroid dienone is 5. The van der Waals surface area contributed by atoms with E-state index < -0.39 is 0 Å². The van der Waals surface area contributed by atoms with Crippen LogP contribution in [0.3, 0.4) is 0 Å². The van der Waals surface area contributed by atoms with Gasteiger partial charge in [0, 0.05) is 0 Å². The molecule has 0 nitrogen and oxygen atoms in total. The summed E-state index contributed by atoms with van der Waals surface area (Å²) in [4.78, 5) is 0. The molecule has 0 aromatic carbocycles. The van der Waals surface area contributed by atoms with Crippen LogP contribution in [-0.2, 0) is 0 Å². The van der Waals surface area contributed by atoms with E-state index in [0.717, 1.165) is 19.3 Å². The SMILES string of the molecule is C=C1CC=CC(C)(C)CC=C(C)CC1. The molecule has 0 heteroatoms. The minimum absolute atomic E-state index is 0.304. The van der Waals surface area contributed by atoms with Gasteiger partial charge in [-0.2, -0.15) is 0 Å². The third-order valence-electron chi connectivity index (χ3n) is 2.83. The van der Waals surface area contributed by atoms with Crippen molar-refractivity contribution in [2.45, 2.75) is 46.5 Å². The summed E-state index contributed by atoms with van der Waals surface area (Å²) < 4.78 is 0. The van der Waals surface area contributed by atoms with Crippen molar-refractivity contribution < 1.29 is 0 Å². The fraction of sp³-hybridized carbons (Fsp3) is 0.571. The van der Waals surface area contributed by atoms with Gasteiger partial charge in [0.2, 0.25) is 0 Å². The highest BCUT2D eigenvalue weighted by Gasteiger charge is 2.12. The van der Waals surface area contributed by atoms with Gasteiger partial charge in [-0.25, -0.2) is 0 Å². The first-order valence-corrected chi connectivity index (χ1v) is 5.49. The minimum Gasteiger partial charge on any atom is -0.0995 e. The van der Waals surface area contributed by atoms with Crippen LogP contribution in [0.4, 0.5) is 0 Å². The monoisotopic (exact) mass is 190 g/mol. The zero-order valence-electron chi connectivity index (χ0n) is 9.77. The standard InChI is InChI=1S/C14H22/c1-12-6-5-10-14(3,4)11-9-13(2)8-7-12/h5,9-10H,1,6-8,11H2,2-4H3. The summed E-state index contributed by atoms with van der Waals surface area (Å²) in [5.41, 5.74) is 3.17. The molecule has 0 fully saturated rings. The zero-order chi connectivity index (χ0) is 10.6. The Balaban J connectivity index is 2.75. The van der Waals surface area contributed by atoms with Crippen molar-refractivity contribution >= 4 is 0 Å². The summed E-state index contributed by atoms with van der Waals surface area (Å²) in [7, 11) is 0. The number of hydrogen-bond donors (Lipinski definition) is 0. The van der Waals surface area contributed by atoms with E-state index in [1.54, 1.807) is 0 Å². The van der Waals surface area contributed by atoms with Crippen molar-refractivity contribution in [2.24, 2.45) is 5.41 Å². The van der Waals surface area contributed by atoms with Gasteiger partial charge in [-0.15, -0.1) is 0 Å². The second kappa shape index (κ2) is 4.63. The van der Waals surface area contributed by atoms with E-state index in [1.807, 2.05) is 0 Å². The summed E-state index contributed by atoms with van der Waals surface area (Å²) >= 11 is 0. The molecule has 0 aromatic rings. The maximum Gasteiger partial charge on any atom is -0.0140 e. The minimum atomic E-state index is 0.304. The predicted molar refractivity (Wildman–Crippen MR) is 64.3 cm³/mol. The van der Waals surface area contributed by atoms with Crippen molar-refractivity contribution in [1.82, 2.24) is 0 Å². The second-order valence-corrected chi connectivity index (χ2v) is 5.10. The lowest BCUT2D eigenvalue weighted by molar-refractivity contribution is 0.484. The molecular formula is C14H22. The van der Waals surface area contributed by atoms with Gasteiger partial charge in [0.05, 0.1) is 0 Å². The van der Waals surface area contributed by atoms with E-state index in [-0.39, 0.29) is 0 Å². The van der Waals surface area contributed by atoms with Gasteiger partial charge < -0.3 is 0 Å². The van der Waals surface area contributed by atoms with E-state index >= 15 is 0 Å². The van der Waals surface area contributed by atoms with Crippen LogP contribution < -0.4 is 0 Å². The highest BCUT2D eigenvalue weighted by molar-refractivity contribution is 5.12. The molecule has 0 aliphatic heterocycles. The van der Waals surface area contributed by atoms with Crippen LogP contribution in [0.1, 0.15) is 46.5 Å². The average molecular weight is 190 g/mol. The van der Waals surface area contributed by atoms with Gasteiger partial charge in [-0.3, -0.25) is 0 Å². The zero-order valence-corrected chi connectivity index (χ0v) is 9.77. The van der Waals surface area contributed by atoms with Crippen molar-refractivity contribution in [1.29, 1.82) is 0 Å². The van der Waals surface area contributed by atoms with Gasteiger partial charge in [-0.05, 0) is 38.0 Å². The summed E-state index contributed by atoms with van der Waals surface area (Å²) in [6.07, 6.45) is 11.5. The molecule has 14 heavy (non-hydrogen) atoms. The molecular weight excluding hydrogens is 168 g/mol. The Bertz CT molecular complexity index is 264. The van der Waals surface area contributed by atoms with Crippen molar-refractivity contribution in [3.8, 4) is 0 Å². The summed E-state index contributed by atoms with van der Waals surface area (Å²) in [6, 6.07) is 0. The maximum atomic E-state index is 4.09. The number of rotatable bonds is 0. The third-order valence-corrected chi connectivity index (χ3v) is 2.83. The fourth-order valence-electron chi connectivity index (χ4n) is 1.63. The van der Waals surface area contributed by atoms with Gasteiger partial charge in [0.15, 0.2) is 0 Å². The van der Waals surface area contributed by atoms with E-state index in [9.17, 15) is 0 Å². The summed E-state index contributed by atoms with van der Waals surface area (Å²) in [5, 5.41) is 0. The molecule has 0 radical (unpaired) electrons. The van der Waals surface area contributed by atoms with Crippen molar-refractivity contribution in [3.05, 3.63) is 36.0 Å². The normalized spacial score (nSPS) is 23.1. The van der Waals surface area contributed by atoms with Crippen LogP contribution in [-0.4, -0.2) is 0 Å². The van der Waals surface area contributed by atoms with E-state index in [4.69, 9.17) is 0 Å². The molecule has 0 N–H and O–H groups in total. The van der Waals surface area contributed by atoms with Crippen molar-refractivity contribution in [3.63, 3.8) is 0 Å². The molecule has 0 aromatic heterocycles. The number of hydrogen-bond acceptors (Lipinski definition) is 0. The van der Waals surface area contributed by atoms with E-state index in [1.165, 1.54) is 17.6 Å². The van der Waals surface area contributed by atoms with Crippen LogP contribution in [0.25, 0.3) is 0 Å². The molecule has 1 aliphatic rings. The van der Waals surface area contributed by atoms with Gasteiger partial charge >= 0.3 is 0 Å². The van der Waals surface area contributed by atoms with Crippen molar-refractivity contribution in [2.75, 3.05) is 0 Å². The Morgan fingerprint density at radius 2 is 2.00 bits per heavy atom. The fourth-order valence-corrected chi connectivity index (χ4v) is 1.63. The molecule has 0 amide bonds. The van der Waals surface area contributed by atoms with Crippen LogP contribution in [0.5, 0.6) is 0 Å². The smallest absolute Gasteiger partial charge is 0.0140 e. The molecule has 0 heterocycles. The molecule has 0 saturated carbocycles. The Kier molecular flexibility index (Phi) is 3.74. The molecule has 0 bridgehead atoms. The predicted octanol–water partition coefficient (Wildman–Crippen LogP) is 4.65. The van der Waals surface area contributed by atoms with E-state index in [0.29, 0.717) is 5.41 Å². The Hall–Kier alpha value is -0.780. The lowest BCUT2D eigenvalue weighted by atomic mass is 9.86. The molecule has 0 spiro atoms. The molecule has 0 atom stereocenters. The highest BCUT2D eigenvalue weighted by Crippen LogP contribution is 2.26. The second-order valence-electron chi connectivity index (χ2n) is 5.10.